The Morgan fingerprint density at radius 1 is 1.44 bits per heavy atom. The number of aryl methyl sites for hydroxylation is 1. The van der Waals surface area contributed by atoms with Gasteiger partial charge in [0.25, 0.3) is 0 Å². The first kappa shape index (κ1) is 14.7. The van der Waals surface area contributed by atoms with Crippen LogP contribution in [0.25, 0.3) is 0 Å². The van der Waals surface area contributed by atoms with Gasteiger partial charge < -0.3 is 5.73 Å². The number of anilines is 1. The average molecular weight is 268 g/mol. The van der Waals surface area contributed by atoms with E-state index in [1.54, 1.807) is 31.2 Å². The molecule has 0 aliphatic rings. The molecule has 0 bridgehead atoms. The molecule has 1 rings (SSSR count). The highest BCUT2D eigenvalue weighted by Gasteiger charge is 2.24. The Kier molecular flexibility index (Phi) is 4.93. The van der Waals surface area contributed by atoms with Crippen molar-refractivity contribution in [1.29, 1.82) is 0 Å². The van der Waals surface area contributed by atoms with Crippen LogP contribution in [-0.4, -0.2) is 25.8 Å². The third kappa shape index (κ3) is 3.11. The van der Waals surface area contributed by atoms with Crippen LogP contribution in [0.3, 0.4) is 0 Å². The zero-order valence-electron chi connectivity index (χ0n) is 10.9. The van der Waals surface area contributed by atoms with E-state index >= 15 is 0 Å². The van der Waals surface area contributed by atoms with E-state index in [1.165, 1.54) is 4.31 Å². The predicted molar refractivity (Wildman–Crippen MR) is 74.8 cm³/mol. The van der Waals surface area contributed by atoms with Crippen molar-refractivity contribution in [1.82, 2.24) is 4.31 Å². The van der Waals surface area contributed by atoms with Crippen molar-refractivity contribution in [3.8, 4) is 0 Å². The molecule has 0 unspecified atom stereocenters. The summed E-state index contributed by atoms with van der Waals surface area (Å²) in [6.07, 6.45) is 2.36. The number of benzene rings is 1. The first-order valence-corrected chi connectivity index (χ1v) is 7.34. The second kappa shape index (κ2) is 6.02. The molecular formula is C13H20N2O2S. The van der Waals surface area contributed by atoms with E-state index < -0.39 is 10.0 Å². The first-order chi connectivity index (χ1) is 8.43. The molecule has 1 aromatic carbocycles. The first-order valence-electron chi connectivity index (χ1n) is 5.90. The zero-order valence-corrected chi connectivity index (χ0v) is 11.7. The summed E-state index contributed by atoms with van der Waals surface area (Å²) < 4.78 is 26.4. The monoisotopic (exact) mass is 268 g/mol. The van der Waals surface area contributed by atoms with Gasteiger partial charge in [-0.3, -0.25) is 0 Å². The fraction of sp³-hybridized carbons (Fsp3) is 0.385. The van der Waals surface area contributed by atoms with Crippen LogP contribution >= 0.6 is 0 Å². The lowest BCUT2D eigenvalue weighted by Gasteiger charge is -2.21. The second-order valence-electron chi connectivity index (χ2n) is 4.18. The molecule has 4 nitrogen and oxygen atoms in total. The maximum absolute atomic E-state index is 12.5. The van der Waals surface area contributed by atoms with Crippen LogP contribution in [0.5, 0.6) is 0 Å². The maximum atomic E-state index is 12.5. The highest BCUT2D eigenvalue weighted by Crippen LogP contribution is 2.22. The minimum absolute atomic E-state index is 0.312. The van der Waals surface area contributed by atoms with Crippen molar-refractivity contribution in [3.63, 3.8) is 0 Å². The molecule has 1 aromatic rings. The number of rotatable bonds is 6. The maximum Gasteiger partial charge on any atom is 0.243 e. The van der Waals surface area contributed by atoms with E-state index in [2.05, 4.69) is 6.58 Å². The SMILES string of the molecule is C=CCN(CCC)S(=O)(=O)c1ccc(N)cc1C. The van der Waals surface area contributed by atoms with Crippen LogP contribution in [0.1, 0.15) is 18.9 Å². The lowest BCUT2D eigenvalue weighted by atomic mass is 10.2. The van der Waals surface area contributed by atoms with Crippen molar-refractivity contribution in [2.75, 3.05) is 18.8 Å². The number of nitrogens with two attached hydrogens (primary N) is 1. The van der Waals surface area contributed by atoms with E-state index in [4.69, 9.17) is 5.73 Å². The fourth-order valence-corrected chi connectivity index (χ4v) is 3.51. The minimum Gasteiger partial charge on any atom is -0.399 e. The quantitative estimate of drug-likeness (QED) is 0.635. The summed E-state index contributed by atoms with van der Waals surface area (Å²) in [5.74, 6) is 0. The molecule has 0 aliphatic heterocycles. The summed E-state index contributed by atoms with van der Waals surface area (Å²) in [5.41, 5.74) is 6.87. The zero-order chi connectivity index (χ0) is 13.8. The molecule has 0 saturated carbocycles. The standard InChI is InChI=1S/C13H20N2O2S/c1-4-8-15(9-5-2)18(16,17)13-7-6-12(14)10-11(13)3/h4,6-7,10H,1,5,8-9,14H2,2-3H3. The fourth-order valence-electron chi connectivity index (χ4n) is 1.80. The number of nitrogen functional groups attached to an aromatic ring is 1. The molecule has 2 N–H and O–H groups in total. The van der Waals surface area contributed by atoms with Gasteiger partial charge in [-0.15, -0.1) is 6.58 Å². The van der Waals surface area contributed by atoms with Crippen molar-refractivity contribution in [3.05, 3.63) is 36.4 Å². The van der Waals surface area contributed by atoms with E-state index in [0.29, 0.717) is 29.2 Å². The van der Waals surface area contributed by atoms with E-state index in [0.717, 1.165) is 6.42 Å². The van der Waals surface area contributed by atoms with Gasteiger partial charge in [-0.05, 0) is 37.1 Å². The third-order valence-corrected chi connectivity index (χ3v) is 4.65. The third-order valence-electron chi connectivity index (χ3n) is 2.62. The topological polar surface area (TPSA) is 63.4 Å². The Morgan fingerprint density at radius 2 is 2.11 bits per heavy atom. The van der Waals surface area contributed by atoms with Gasteiger partial charge >= 0.3 is 0 Å². The number of nitrogens with zero attached hydrogens (tertiary/aromatic N) is 1. The number of sulfonamides is 1. The number of hydrogen-bond donors (Lipinski definition) is 1. The van der Waals surface area contributed by atoms with Crippen molar-refractivity contribution < 1.29 is 8.42 Å². The van der Waals surface area contributed by atoms with Gasteiger partial charge in [0.05, 0.1) is 4.90 Å². The predicted octanol–water partition coefficient (Wildman–Crippen LogP) is 2.16. The highest BCUT2D eigenvalue weighted by molar-refractivity contribution is 7.89. The molecule has 0 radical (unpaired) electrons. The minimum atomic E-state index is -3.47. The molecule has 100 valence electrons. The lowest BCUT2D eigenvalue weighted by molar-refractivity contribution is 0.441. The van der Waals surface area contributed by atoms with Crippen molar-refractivity contribution >= 4 is 15.7 Å². The van der Waals surface area contributed by atoms with Gasteiger partial charge in [0.15, 0.2) is 0 Å². The van der Waals surface area contributed by atoms with Gasteiger partial charge in [0.1, 0.15) is 0 Å². The molecular weight excluding hydrogens is 248 g/mol. The summed E-state index contributed by atoms with van der Waals surface area (Å²) in [5, 5.41) is 0. The van der Waals surface area contributed by atoms with Gasteiger partial charge in [-0.25, -0.2) is 8.42 Å². The highest BCUT2D eigenvalue weighted by atomic mass is 32.2. The van der Waals surface area contributed by atoms with Crippen LogP contribution in [-0.2, 0) is 10.0 Å². The number of hydrogen-bond acceptors (Lipinski definition) is 3. The molecule has 0 fully saturated rings. The van der Waals surface area contributed by atoms with Crippen LogP contribution in [0, 0.1) is 6.92 Å². The average Bonchev–Trinajstić information content (AvgIpc) is 2.28. The molecule has 0 aromatic heterocycles. The van der Waals surface area contributed by atoms with Gasteiger partial charge in [0.2, 0.25) is 10.0 Å². The molecule has 5 heteroatoms. The molecule has 0 heterocycles. The Bertz CT molecular complexity index is 524. The Hall–Kier alpha value is -1.33. The molecule has 0 aliphatic carbocycles. The Labute approximate surface area is 109 Å². The van der Waals surface area contributed by atoms with Crippen molar-refractivity contribution in [2.24, 2.45) is 0 Å². The Morgan fingerprint density at radius 3 is 2.61 bits per heavy atom. The molecule has 18 heavy (non-hydrogen) atoms. The van der Waals surface area contributed by atoms with Gasteiger partial charge in [-0.1, -0.05) is 13.0 Å². The van der Waals surface area contributed by atoms with Gasteiger partial charge in [-0.2, -0.15) is 4.31 Å². The summed E-state index contributed by atoms with van der Waals surface area (Å²) in [7, 11) is -3.47. The lowest BCUT2D eigenvalue weighted by Crippen LogP contribution is -2.32. The van der Waals surface area contributed by atoms with Crippen LogP contribution < -0.4 is 5.73 Å². The van der Waals surface area contributed by atoms with E-state index in [9.17, 15) is 8.42 Å². The molecule has 0 atom stereocenters. The van der Waals surface area contributed by atoms with Crippen LogP contribution in [0.15, 0.2) is 35.7 Å². The largest absolute Gasteiger partial charge is 0.399 e. The smallest absolute Gasteiger partial charge is 0.243 e. The summed E-state index contributed by atoms with van der Waals surface area (Å²) in [6, 6.07) is 4.84. The molecule has 0 saturated heterocycles. The van der Waals surface area contributed by atoms with E-state index in [1.807, 2.05) is 6.92 Å². The molecule has 0 amide bonds. The van der Waals surface area contributed by atoms with Crippen LogP contribution in [0.4, 0.5) is 5.69 Å². The normalized spacial score (nSPS) is 11.7. The summed E-state index contributed by atoms with van der Waals surface area (Å²) >= 11 is 0. The Balaban J connectivity index is 3.21. The van der Waals surface area contributed by atoms with E-state index in [-0.39, 0.29) is 0 Å². The summed E-state index contributed by atoms with van der Waals surface area (Å²) in [6.45, 7) is 8.10. The second-order valence-corrected chi connectivity index (χ2v) is 6.08. The molecule has 0 spiro atoms. The van der Waals surface area contributed by atoms with Crippen LogP contribution in [0.2, 0.25) is 0 Å². The van der Waals surface area contributed by atoms with Gasteiger partial charge in [0, 0.05) is 18.8 Å². The summed E-state index contributed by atoms with van der Waals surface area (Å²) in [4.78, 5) is 0.312. The van der Waals surface area contributed by atoms with Crippen molar-refractivity contribution in [2.45, 2.75) is 25.2 Å².